The van der Waals surface area contributed by atoms with Crippen LogP contribution in [0.5, 0.6) is 0 Å². The van der Waals surface area contributed by atoms with Crippen LogP contribution < -0.4 is 5.32 Å². The Balaban J connectivity index is 2.75. The van der Waals surface area contributed by atoms with E-state index >= 15 is 0 Å². The van der Waals surface area contributed by atoms with E-state index in [0.717, 1.165) is 21.5 Å². The molecular weight excluding hydrogens is 300 g/mol. The number of rotatable bonds is 5. The van der Waals surface area contributed by atoms with Gasteiger partial charge in [0.2, 0.25) is 0 Å². The lowest BCUT2D eigenvalue weighted by atomic mass is 10.1. The lowest BCUT2D eigenvalue weighted by Crippen LogP contribution is -2.30. The highest BCUT2D eigenvalue weighted by Gasteiger charge is 2.14. The molecule has 0 spiro atoms. The SMILES string of the molecule is CCC(CC#N)NC(C)c1ccc(Br)cc1Cl. The first-order chi connectivity index (χ1) is 8.08. The Bertz CT molecular complexity index is 414. The normalized spacial score (nSPS) is 14.1. The van der Waals surface area contributed by atoms with Gasteiger partial charge >= 0.3 is 0 Å². The van der Waals surface area contributed by atoms with Gasteiger partial charge in [-0.1, -0.05) is 40.5 Å². The third-order valence-corrected chi connectivity index (χ3v) is 3.57. The van der Waals surface area contributed by atoms with Crippen molar-refractivity contribution >= 4 is 27.5 Å². The standard InChI is InChI=1S/C13H16BrClN2/c1-3-11(6-7-16)17-9(2)12-5-4-10(14)8-13(12)15/h4-5,8-9,11,17H,3,6H2,1-2H3. The summed E-state index contributed by atoms with van der Waals surface area (Å²) in [4.78, 5) is 0. The fraction of sp³-hybridized carbons (Fsp3) is 0.462. The number of halogens is 2. The zero-order chi connectivity index (χ0) is 12.8. The van der Waals surface area contributed by atoms with Gasteiger partial charge in [-0.05, 0) is 31.0 Å². The highest BCUT2D eigenvalue weighted by atomic mass is 79.9. The molecule has 0 aliphatic rings. The van der Waals surface area contributed by atoms with Gasteiger partial charge in [0.15, 0.2) is 0 Å². The first kappa shape index (κ1) is 14.5. The molecule has 1 N–H and O–H groups in total. The molecule has 1 aromatic carbocycles. The van der Waals surface area contributed by atoms with Crippen molar-refractivity contribution in [1.82, 2.24) is 5.32 Å². The van der Waals surface area contributed by atoms with Crippen LogP contribution in [0.25, 0.3) is 0 Å². The Morgan fingerprint density at radius 3 is 2.76 bits per heavy atom. The van der Waals surface area contributed by atoms with Crippen molar-refractivity contribution in [2.75, 3.05) is 0 Å². The minimum atomic E-state index is 0.147. The largest absolute Gasteiger partial charge is 0.306 e. The van der Waals surface area contributed by atoms with Gasteiger partial charge in [-0.3, -0.25) is 0 Å². The Morgan fingerprint density at radius 1 is 1.53 bits per heavy atom. The van der Waals surface area contributed by atoms with Crippen molar-refractivity contribution in [2.24, 2.45) is 0 Å². The molecule has 0 amide bonds. The quantitative estimate of drug-likeness (QED) is 0.871. The Kier molecular flexibility index (Phi) is 5.97. The van der Waals surface area contributed by atoms with Crippen molar-refractivity contribution < 1.29 is 0 Å². The minimum Gasteiger partial charge on any atom is -0.306 e. The van der Waals surface area contributed by atoms with Gasteiger partial charge in [-0.15, -0.1) is 0 Å². The molecule has 2 nitrogen and oxygen atoms in total. The second-order valence-corrected chi connectivity index (χ2v) is 5.34. The van der Waals surface area contributed by atoms with E-state index in [1.807, 2.05) is 18.2 Å². The molecule has 0 aliphatic heterocycles. The molecule has 0 saturated carbocycles. The molecule has 1 rings (SSSR count). The van der Waals surface area contributed by atoms with E-state index in [1.54, 1.807) is 0 Å². The molecular formula is C13H16BrClN2. The van der Waals surface area contributed by atoms with Crippen LogP contribution >= 0.6 is 27.5 Å². The van der Waals surface area contributed by atoms with E-state index in [4.69, 9.17) is 16.9 Å². The summed E-state index contributed by atoms with van der Waals surface area (Å²) < 4.78 is 0.975. The molecule has 1 aromatic rings. The van der Waals surface area contributed by atoms with E-state index in [-0.39, 0.29) is 12.1 Å². The lowest BCUT2D eigenvalue weighted by Gasteiger charge is -2.21. The van der Waals surface area contributed by atoms with Gasteiger partial charge in [0, 0.05) is 21.6 Å². The first-order valence-electron chi connectivity index (χ1n) is 5.66. The van der Waals surface area contributed by atoms with Crippen molar-refractivity contribution in [1.29, 1.82) is 5.26 Å². The average Bonchev–Trinajstić information content (AvgIpc) is 2.28. The molecule has 0 radical (unpaired) electrons. The zero-order valence-electron chi connectivity index (χ0n) is 10.0. The highest BCUT2D eigenvalue weighted by molar-refractivity contribution is 9.10. The predicted molar refractivity (Wildman–Crippen MR) is 75.0 cm³/mol. The number of hydrogen-bond acceptors (Lipinski definition) is 2. The molecule has 0 aliphatic carbocycles. The van der Waals surface area contributed by atoms with Crippen LogP contribution in [0.1, 0.15) is 38.3 Å². The second-order valence-electron chi connectivity index (χ2n) is 4.02. The maximum atomic E-state index is 8.72. The number of nitrogens with zero attached hydrogens (tertiary/aromatic N) is 1. The van der Waals surface area contributed by atoms with Crippen molar-refractivity contribution in [3.05, 3.63) is 33.3 Å². The molecule has 0 heterocycles. The fourth-order valence-corrected chi connectivity index (χ4v) is 2.56. The molecule has 2 unspecified atom stereocenters. The second kappa shape index (κ2) is 7.00. The molecule has 4 heteroatoms. The molecule has 0 fully saturated rings. The van der Waals surface area contributed by atoms with Crippen LogP contribution in [0.2, 0.25) is 5.02 Å². The van der Waals surface area contributed by atoms with Crippen molar-refractivity contribution in [3.63, 3.8) is 0 Å². The van der Waals surface area contributed by atoms with Crippen LogP contribution in [0.4, 0.5) is 0 Å². The van der Waals surface area contributed by atoms with Crippen LogP contribution in [0.15, 0.2) is 22.7 Å². The number of benzene rings is 1. The minimum absolute atomic E-state index is 0.147. The smallest absolute Gasteiger partial charge is 0.0638 e. The number of nitriles is 1. The first-order valence-corrected chi connectivity index (χ1v) is 6.83. The number of hydrogen-bond donors (Lipinski definition) is 1. The van der Waals surface area contributed by atoms with Crippen LogP contribution in [0, 0.1) is 11.3 Å². The average molecular weight is 316 g/mol. The molecule has 0 saturated heterocycles. The predicted octanol–water partition coefficient (Wildman–Crippen LogP) is 4.45. The summed E-state index contributed by atoms with van der Waals surface area (Å²) in [6, 6.07) is 8.43. The summed E-state index contributed by atoms with van der Waals surface area (Å²) in [6.45, 7) is 4.14. The molecule has 0 aromatic heterocycles. The lowest BCUT2D eigenvalue weighted by molar-refractivity contribution is 0.448. The van der Waals surface area contributed by atoms with Crippen LogP contribution in [-0.2, 0) is 0 Å². The van der Waals surface area contributed by atoms with Gasteiger partial charge < -0.3 is 5.32 Å². The summed E-state index contributed by atoms with van der Waals surface area (Å²) in [5.74, 6) is 0. The van der Waals surface area contributed by atoms with E-state index in [1.165, 1.54) is 0 Å². The molecule has 2 atom stereocenters. The van der Waals surface area contributed by atoms with Crippen LogP contribution in [0.3, 0.4) is 0 Å². The summed E-state index contributed by atoms with van der Waals surface area (Å²) in [7, 11) is 0. The van der Waals surface area contributed by atoms with Gasteiger partial charge in [0.05, 0.1) is 12.5 Å². The van der Waals surface area contributed by atoms with Crippen LogP contribution in [-0.4, -0.2) is 6.04 Å². The topological polar surface area (TPSA) is 35.8 Å². The number of nitrogens with one attached hydrogen (secondary N) is 1. The summed E-state index contributed by atoms with van der Waals surface area (Å²) in [6.07, 6.45) is 1.46. The van der Waals surface area contributed by atoms with Gasteiger partial charge in [-0.25, -0.2) is 0 Å². The maximum Gasteiger partial charge on any atom is 0.0638 e. The summed E-state index contributed by atoms with van der Waals surface area (Å²) in [5.41, 5.74) is 1.06. The van der Waals surface area contributed by atoms with Gasteiger partial charge in [-0.2, -0.15) is 5.26 Å². The Hall–Kier alpha value is -0.560. The molecule has 92 valence electrons. The molecule has 17 heavy (non-hydrogen) atoms. The molecule has 0 bridgehead atoms. The Labute approximate surface area is 116 Å². The monoisotopic (exact) mass is 314 g/mol. The fourth-order valence-electron chi connectivity index (χ4n) is 1.73. The third-order valence-electron chi connectivity index (χ3n) is 2.75. The van der Waals surface area contributed by atoms with Gasteiger partial charge in [0.1, 0.15) is 0 Å². The zero-order valence-corrected chi connectivity index (χ0v) is 12.3. The Morgan fingerprint density at radius 2 is 2.24 bits per heavy atom. The summed E-state index contributed by atoms with van der Waals surface area (Å²) in [5, 5.41) is 12.9. The van der Waals surface area contributed by atoms with E-state index in [9.17, 15) is 0 Å². The third kappa shape index (κ3) is 4.31. The van der Waals surface area contributed by atoms with E-state index < -0.39 is 0 Å². The van der Waals surface area contributed by atoms with E-state index in [2.05, 4.69) is 41.2 Å². The highest BCUT2D eigenvalue weighted by Crippen LogP contribution is 2.26. The maximum absolute atomic E-state index is 8.72. The summed E-state index contributed by atoms with van der Waals surface area (Å²) >= 11 is 9.58. The van der Waals surface area contributed by atoms with Gasteiger partial charge in [0.25, 0.3) is 0 Å². The van der Waals surface area contributed by atoms with Crippen molar-refractivity contribution in [3.8, 4) is 6.07 Å². The van der Waals surface area contributed by atoms with E-state index in [0.29, 0.717) is 6.42 Å². The van der Waals surface area contributed by atoms with Crippen molar-refractivity contribution in [2.45, 2.75) is 38.8 Å².